The molecule has 1 aromatic heterocycles. The third-order valence-corrected chi connectivity index (χ3v) is 2.59. The third-order valence-electron chi connectivity index (χ3n) is 1.89. The fourth-order valence-electron chi connectivity index (χ4n) is 1.27. The van der Waals surface area contributed by atoms with E-state index in [1.54, 1.807) is 11.8 Å². The Bertz CT molecular complexity index is 458. The second-order valence-corrected chi connectivity index (χ2v) is 3.51. The molecule has 0 radical (unpaired) electrons. The first kappa shape index (κ1) is 9.23. The Balaban J connectivity index is 2.73. The first-order valence-corrected chi connectivity index (χ1v) is 5.35. The number of hydrazine groups is 1. The predicted octanol–water partition coefficient (Wildman–Crippen LogP) is 1.64. The summed E-state index contributed by atoms with van der Waals surface area (Å²) in [5.74, 6) is 5.73. The molecule has 72 valence electrons. The summed E-state index contributed by atoms with van der Waals surface area (Å²) in [4.78, 5) is 8.50. The van der Waals surface area contributed by atoms with Crippen molar-refractivity contribution in [3.63, 3.8) is 0 Å². The van der Waals surface area contributed by atoms with Gasteiger partial charge in [-0.2, -0.15) is 0 Å². The van der Waals surface area contributed by atoms with Gasteiger partial charge in [0.05, 0.1) is 5.52 Å². The van der Waals surface area contributed by atoms with E-state index in [0.29, 0.717) is 5.95 Å². The molecule has 3 N–H and O–H groups in total. The lowest BCUT2D eigenvalue weighted by atomic mass is 10.2. The highest BCUT2D eigenvalue weighted by Crippen LogP contribution is 2.23. The molecule has 2 aromatic rings. The fraction of sp³-hybridized carbons (Fsp3) is 0.111. The molecule has 0 bridgehead atoms. The maximum Gasteiger partial charge on any atom is 0.238 e. The second kappa shape index (κ2) is 3.81. The van der Waals surface area contributed by atoms with Gasteiger partial charge in [0, 0.05) is 5.39 Å². The Morgan fingerprint density at radius 1 is 1.29 bits per heavy atom. The summed E-state index contributed by atoms with van der Waals surface area (Å²) in [7, 11) is 0. The summed E-state index contributed by atoms with van der Waals surface area (Å²) in [6.45, 7) is 0. The summed E-state index contributed by atoms with van der Waals surface area (Å²) >= 11 is 1.58. The van der Waals surface area contributed by atoms with Crippen LogP contribution in [0.2, 0.25) is 0 Å². The number of benzene rings is 1. The number of fused-ring (bicyclic) bond motifs is 1. The highest BCUT2D eigenvalue weighted by Gasteiger charge is 2.04. The average molecular weight is 206 g/mol. The molecule has 0 spiro atoms. The minimum absolute atomic E-state index is 0.452. The Hall–Kier alpha value is -1.33. The molecule has 0 aliphatic carbocycles. The van der Waals surface area contributed by atoms with Crippen LogP contribution in [-0.4, -0.2) is 16.2 Å². The zero-order valence-corrected chi connectivity index (χ0v) is 8.51. The highest BCUT2D eigenvalue weighted by molar-refractivity contribution is 7.98. The fourth-order valence-corrected chi connectivity index (χ4v) is 1.84. The van der Waals surface area contributed by atoms with Crippen LogP contribution >= 0.6 is 11.8 Å². The molecule has 1 heterocycles. The van der Waals surface area contributed by atoms with Crippen molar-refractivity contribution in [2.75, 3.05) is 11.7 Å². The van der Waals surface area contributed by atoms with Crippen molar-refractivity contribution in [1.29, 1.82) is 0 Å². The maximum absolute atomic E-state index is 5.28. The maximum atomic E-state index is 5.28. The normalized spacial score (nSPS) is 10.4. The zero-order valence-electron chi connectivity index (χ0n) is 7.69. The van der Waals surface area contributed by atoms with E-state index in [2.05, 4.69) is 15.4 Å². The van der Waals surface area contributed by atoms with E-state index in [0.717, 1.165) is 15.9 Å². The van der Waals surface area contributed by atoms with Gasteiger partial charge in [0.2, 0.25) is 5.95 Å². The van der Waals surface area contributed by atoms with Crippen LogP contribution in [0.25, 0.3) is 10.9 Å². The number of para-hydroxylation sites is 1. The van der Waals surface area contributed by atoms with Crippen LogP contribution in [0.1, 0.15) is 0 Å². The van der Waals surface area contributed by atoms with Crippen molar-refractivity contribution in [2.45, 2.75) is 5.03 Å². The molecule has 1 aromatic carbocycles. The van der Waals surface area contributed by atoms with Gasteiger partial charge in [0.1, 0.15) is 5.03 Å². The van der Waals surface area contributed by atoms with E-state index >= 15 is 0 Å². The molecule has 0 saturated carbocycles. The Morgan fingerprint density at radius 3 is 2.79 bits per heavy atom. The lowest BCUT2D eigenvalue weighted by Gasteiger charge is -2.04. The van der Waals surface area contributed by atoms with Gasteiger partial charge < -0.3 is 0 Å². The van der Waals surface area contributed by atoms with Crippen LogP contribution in [0.5, 0.6) is 0 Å². The van der Waals surface area contributed by atoms with Crippen molar-refractivity contribution in [3.8, 4) is 0 Å². The Labute approximate surface area is 85.9 Å². The van der Waals surface area contributed by atoms with E-state index in [-0.39, 0.29) is 0 Å². The van der Waals surface area contributed by atoms with Gasteiger partial charge >= 0.3 is 0 Å². The van der Waals surface area contributed by atoms with Gasteiger partial charge in [-0.1, -0.05) is 18.2 Å². The number of hydrogen-bond acceptors (Lipinski definition) is 5. The molecule has 14 heavy (non-hydrogen) atoms. The third kappa shape index (κ3) is 1.51. The number of nitrogens with two attached hydrogens (primary N) is 1. The Morgan fingerprint density at radius 2 is 2.07 bits per heavy atom. The largest absolute Gasteiger partial charge is 0.292 e. The monoisotopic (exact) mass is 206 g/mol. The van der Waals surface area contributed by atoms with E-state index < -0.39 is 0 Å². The lowest BCUT2D eigenvalue weighted by molar-refractivity contribution is 1.07. The predicted molar refractivity (Wildman–Crippen MR) is 59.1 cm³/mol. The minimum atomic E-state index is 0.452. The summed E-state index contributed by atoms with van der Waals surface area (Å²) in [5.41, 5.74) is 3.36. The van der Waals surface area contributed by atoms with Crippen LogP contribution in [0, 0.1) is 0 Å². The number of thioether (sulfide) groups is 1. The lowest BCUT2D eigenvalue weighted by Crippen LogP contribution is -2.10. The number of aromatic nitrogens is 2. The van der Waals surface area contributed by atoms with Crippen molar-refractivity contribution in [2.24, 2.45) is 5.84 Å². The summed E-state index contributed by atoms with van der Waals surface area (Å²) < 4.78 is 0. The number of anilines is 1. The van der Waals surface area contributed by atoms with E-state index in [9.17, 15) is 0 Å². The SMILES string of the molecule is CSc1nc(NN)nc2ccccc12. The number of hydrogen-bond donors (Lipinski definition) is 2. The van der Waals surface area contributed by atoms with Crippen molar-refractivity contribution in [1.82, 2.24) is 9.97 Å². The average Bonchev–Trinajstić information content (AvgIpc) is 2.27. The standard InChI is InChI=1S/C9H10N4S/c1-14-8-6-4-2-3-5-7(6)11-9(12-8)13-10/h2-5H,10H2,1H3,(H,11,12,13). The molecule has 0 saturated heterocycles. The van der Waals surface area contributed by atoms with E-state index in [4.69, 9.17) is 5.84 Å². The van der Waals surface area contributed by atoms with Gasteiger partial charge in [0.15, 0.2) is 0 Å². The van der Waals surface area contributed by atoms with Crippen molar-refractivity contribution >= 4 is 28.6 Å². The number of rotatable bonds is 2. The molecule has 0 aliphatic rings. The molecule has 0 aliphatic heterocycles. The first-order valence-electron chi connectivity index (χ1n) is 4.12. The van der Waals surface area contributed by atoms with Gasteiger partial charge in [-0.25, -0.2) is 15.8 Å². The smallest absolute Gasteiger partial charge is 0.238 e. The topological polar surface area (TPSA) is 63.8 Å². The summed E-state index contributed by atoms with van der Waals surface area (Å²) in [5, 5.41) is 1.99. The van der Waals surface area contributed by atoms with Crippen LogP contribution in [0.4, 0.5) is 5.95 Å². The zero-order chi connectivity index (χ0) is 9.97. The molecule has 0 unspecified atom stereocenters. The van der Waals surface area contributed by atoms with E-state index in [1.165, 1.54) is 0 Å². The molecular weight excluding hydrogens is 196 g/mol. The summed E-state index contributed by atoms with van der Waals surface area (Å²) in [6, 6.07) is 7.86. The number of nitrogens with one attached hydrogen (secondary N) is 1. The van der Waals surface area contributed by atoms with Crippen molar-refractivity contribution in [3.05, 3.63) is 24.3 Å². The molecule has 5 heteroatoms. The molecule has 0 atom stereocenters. The molecular formula is C9H10N4S. The van der Waals surface area contributed by atoms with E-state index in [1.807, 2.05) is 30.5 Å². The molecule has 0 fully saturated rings. The van der Waals surface area contributed by atoms with Gasteiger partial charge in [-0.05, 0) is 12.3 Å². The molecule has 4 nitrogen and oxygen atoms in total. The van der Waals surface area contributed by atoms with Crippen LogP contribution in [0.3, 0.4) is 0 Å². The number of nitrogen functional groups attached to an aromatic ring is 1. The van der Waals surface area contributed by atoms with Crippen LogP contribution < -0.4 is 11.3 Å². The second-order valence-electron chi connectivity index (χ2n) is 2.72. The molecule has 0 amide bonds. The van der Waals surface area contributed by atoms with Crippen molar-refractivity contribution < 1.29 is 0 Å². The van der Waals surface area contributed by atoms with Crippen LogP contribution in [0.15, 0.2) is 29.3 Å². The molecule has 2 rings (SSSR count). The van der Waals surface area contributed by atoms with Gasteiger partial charge in [0.25, 0.3) is 0 Å². The minimum Gasteiger partial charge on any atom is -0.292 e. The van der Waals surface area contributed by atoms with Gasteiger partial charge in [-0.3, -0.25) is 5.43 Å². The van der Waals surface area contributed by atoms with Crippen LogP contribution in [-0.2, 0) is 0 Å². The highest BCUT2D eigenvalue weighted by atomic mass is 32.2. The first-order chi connectivity index (χ1) is 6.85. The quantitative estimate of drug-likeness (QED) is 0.338. The Kier molecular flexibility index (Phi) is 2.51. The number of nitrogens with zero attached hydrogens (tertiary/aromatic N) is 2. The van der Waals surface area contributed by atoms with Gasteiger partial charge in [-0.15, -0.1) is 11.8 Å². The summed E-state index contributed by atoms with van der Waals surface area (Å²) in [6.07, 6.45) is 1.98.